The van der Waals surface area contributed by atoms with Crippen molar-refractivity contribution in [2.24, 2.45) is 0 Å². The van der Waals surface area contributed by atoms with Gasteiger partial charge in [-0.2, -0.15) is 4.31 Å². The number of hydrogen-bond donors (Lipinski definition) is 3. The van der Waals surface area contributed by atoms with Crippen molar-refractivity contribution in [3.05, 3.63) is 66.3 Å². The topological polar surface area (TPSA) is 110 Å². The van der Waals surface area contributed by atoms with Crippen LogP contribution in [-0.2, 0) is 29.7 Å². The molecular formula is C27H41N7O2S. The first-order valence-electron chi connectivity index (χ1n) is 13.5. The highest BCUT2D eigenvalue weighted by Crippen LogP contribution is 2.22. The Morgan fingerprint density at radius 1 is 1.03 bits per heavy atom. The van der Waals surface area contributed by atoms with Crippen LogP contribution in [0.15, 0.2) is 53.9 Å². The fourth-order valence-electron chi connectivity index (χ4n) is 5.20. The zero-order valence-electron chi connectivity index (χ0n) is 22.1. The first-order valence-corrected chi connectivity index (χ1v) is 15.0. The summed E-state index contributed by atoms with van der Waals surface area (Å²) in [6.07, 6.45) is 14.0. The van der Waals surface area contributed by atoms with E-state index in [-0.39, 0.29) is 18.0 Å². The largest absolute Gasteiger partial charge is 0.347 e. The van der Waals surface area contributed by atoms with Gasteiger partial charge in [-0.3, -0.25) is 4.90 Å². The maximum Gasteiger partial charge on any atom is 0.243 e. The summed E-state index contributed by atoms with van der Waals surface area (Å²) < 4.78 is 28.4. The zero-order valence-corrected chi connectivity index (χ0v) is 22.9. The third-order valence-corrected chi connectivity index (χ3v) is 8.94. The van der Waals surface area contributed by atoms with Crippen LogP contribution >= 0.6 is 0 Å². The molecule has 0 bridgehead atoms. The Labute approximate surface area is 221 Å². The van der Waals surface area contributed by atoms with E-state index in [1.165, 1.54) is 49.4 Å². The van der Waals surface area contributed by atoms with Crippen LogP contribution in [0.25, 0.3) is 0 Å². The number of sulfonamides is 1. The molecule has 4 rings (SSSR count). The summed E-state index contributed by atoms with van der Waals surface area (Å²) >= 11 is 0. The number of nitrogens with zero attached hydrogens (tertiary/aromatic N) is 4. The van der Waals surface area contributed by atoms with E-state index in [0.717, 1.165) is 18.7 Å². The minimum atomic E-state index is -3.75. The molecule has 37 heavy (non-hydrogen) atoms. The maximum atomic E-state index is 13.5. The Morgan fingerprint density at radius 2 is 1.65 bits per heavy atom. The highest BCUT2D eigenvalue weighted by Gasteiger charge is 2.27. The van der Waals surface area contributed by atoms with Crippen LogP contribution < -0.4 is 5.32 Å². The maximum absolute atomic E-state index is 13.5. The van der Waals surface area contributed by atoms with E-state index in [2.05, 4.69) is 44.0 Å². The van der Waals surface area contributed by atoms with E-state index in [4.69, 9.17) is 0 Å². The van der Waals surface area contributed by atoms with E-state index in [9.17, 15) is 8.42 Å². The van der Waals surface area contributed by atoms with E-state index >= 15 is 0 Å². The van der Waals surface area contributed by atoms with Crippen molar-refractivity contribution >= 4 is 10.0 Å². The average molecular weight is 528 g/mol. The van der Waals surface area contributed by atoms with Gasteiger partial charge in [-0.1, -0.05) is 38.8 Å². The molecule has 3 N–H and O–H groups in total. The molecule has 1 fully saturated rings. The molecule has 3 aromatic rings. The van der Waals surface area contributed by atoms with Crippen LogP contribution in [0.1, 0.15) is 69.6 Å². The number of nitrogens with one attached hydrogen (secondary N) is 3. The van der Waals surface area contributed by atoms with Gasteiger partial charge in [0.2, 0.25) is 10.0 Å². The summed E-state index contributed by atoms with van der Waals surface area (Å²) in [6.45, 7) is 7.84. The Bertz CT molecular complexity index is 1110. The highest BCUT2D eigenvalue weighted by atomic mass is 32.2. The molecule has 10 heteroatoms. The molecule has 0 spiro atoms. The Kier molecular flexibility index (Phi) is 9.90. The first-order chi connectivity index (χ1) is 18.0. The molecule has 0 radical (unpaired) electrons. The monoisotopic (exact) mass is 527 g/mol. The third-order valence-electron chi connectivity index (χ3n) is 7.13. The van der Waals surface area contributed by atoms with E-state index < -0.39 is 10.0 Å². The molecule has 0 unspecified atom stereocenters. The van der Waals surface area contributed by atoms with Gasteiger partial charge in [0, 0.05) is 50.0 Å². The molecule has 2 aromatic heterocycles. The fraction of sp³-hybridized carbons (Fsp3) is 0.556. The van der Waals surface area contributed by atoms with Gasteiger partial charge in [-0.05, 0) is 49.9 Å². The number of H-pyrrole nitrogens is 2. The number of aromatic amines is 2. The smallest absolute Gasteiger partial charge is 0.243 e. The van der Waals surface area contributed by atoms with Gasteiger partial charge < -0.3 is 15.3 Å². The first kappa shape index (κ1) is 27.5. The number of rotatable bonds is 14. The SMILES string of the molecule is CCCC(CCC)N1CCC[C@H](NCc2ccc(S(=O)(=O)N(Cc3ncc[nH]3)Cc3ncc[nH]3)cc2)C1. The quantitative estimate of drug-likeness (QED) is 0.292. The molecule has 0 amide bonds. The molecule has 0 aliphatic carbocycles. The number of hydrogen-bond acceptors (Lipinski definition) is 6. The number of piperidine rings is 1. The lowest BCUT2D eigenvalue weighted by Crippen LogP contribution is -2.49. The zero-order chi connectivity index (χ0) is 26.1. The summed E-state index contributed by atoms with van der Waals surface area (Å²) in [5.74, 6) is 1.16. The lowest BCUT2D eigenvalue weighted by molar-refractivity contribution is 0.122. The second-order valence-corrected chi connectivity index (χ2v) is 11.9. The number of likely N-dealkylation sites (tertiary alicyclic amines) is 1. The fourth-order valence-corrected chi connectivity index (χ4v) is 6.56. The Hall–Kier alpha value is -2.53. The number of aromatic nitrogens is 4. The van der Waals surface area contributed by atoms with Crippen LogP contribution in [0, 0.1) is 0 Å². The van der Waals surface area contributed by atoms with Crippen LogP contribution in [0.5, 0.6) is 0 Å². The van der Waals surface area contributed by atoms with Crippen molar-refractivity contribution in [3.8, 4) is 0 Å². The van der Waals surface area contributed by atoms with E-state index in [1.807, 2.05) is 12.1 Å². The standard InChI is InChI=1S/C27H41N7O2S/c1-3-6-24(7-4-2)33-17-5-8-23(19-33)32-18-22-9-11-25(12-10-22)37(35,36)34(20-26-28-13-14-29-26)21-27-30-15-16-31-27/h9-16,23-24,32H,3-8,17-21H2,1-2H3,(H,28,29)(H,30,31)/t23-/m0/s1. The van der Waals surface area contributed by atoms with E-state index in [0.29, 0.717) is 23.7 Å². The number of benzene rings is 1. The minimum absolute atomic E-state index is 0.134. The molecule has 0 saturated carbocycles. The summed E-state index contributed by atoms with van der Waals surface area (Å²) in [4.78, 5) is 17.3. The lowest BCUT2D eigenvalue weighted by Gasteiger charge is -2.38. The predicted molar refractivity (Wildman–Crippen MR) is 145 cm³/mol. The van der Waals surface area contributed by atoms with Crippen molar-refractivity contribution in [3.63, 3.8) is 0 Å². The van der Waals surface area contributed by atoms with Crippen LogP contribution in [0.4, 0.5) is 0 Å². The molecule has 1 aromatic carbocycles. The summed E-state index contributed by atoms with van der Waals surface area (Å²) in [7, 11) is -3.75. The molecule has 202 valence electrons. The van der Waals surface area contributed by atoms with Gasteiger partial charge in [0.1, 0.15) is 11.6 Å². The Balaban J connectivity index is 1.38. The molecule has 1 atom stereocenters. The van der Waals surface area contributed by atoms with Crippen LogP contribution in [-0.4, -0.2) is 62.7 Å². The molecule has 9 nitrogen and oxygen atoms in total. The highest BCUT2D eigenvalue weighted by molar-refractivity contribution is 7.89. The average Bonchev–Trinajstić information content (AvgIpc) is 3.62. The van der Waals surface area contributed by atoms with Crippen molar-refractivity contribution in [1.82, 2.24) is 34.5 Å². The summed E-state index contributed by atoms with van der Waals surface area (Å²) in [5.41, 5.74) is 1.08. The Morgan fingerprint density at radius 3 is 2.19 bits per heavy atom. The van der Waals surface area contributed by atoms with Gasteiger partial charge >= 0.3 is 0 Å². The van der Waals surface area contributed by atoms with Gasteiger partial charge in [0.15, 0.2) is 0 Å². The van der Waals surface area contributed by atoms with Crippen molar-refractivity contribution in [1.29, 1.82) is 0 Å². The lowest BCUT2D eigenvalue weighted by atomic mass is 9.98. The van der Waals surface area contributed by atoms with Crippen LogP contribution in [0.2, 0.25) is 0 Å². The second kappa shape index (κ2) is 13.3. The normalized spacial score (nSPS) is 17.1. The summed E-state index contributed by atoms with van der Waals surface area (Å²) in [5, 5.41) is 3.72. The van der Waals surface area contributed by atoms with E-state index in [1.54, 1.807) is 36.9 Å². The minimum Gasteiger partial charge on any atom is -0.347 e. The van der Waals surface area contributed by atoms with Gasteiger partial charge in [-0.15, -0.1) is 0 Å². The molecule has 1 saturated heterocycles. The molecular weight excluding hydrogens is 486 g/mol. The van der Waals surface area contributed by atoms with Crippen LogP contribution in [0.3, 0.4) is 0 Å². The van der Waals surface area contributed by atoms with Gasteiger partial charge in [-0.25, -0.2) is 18.4 Å². The molecule has 1 aliphatic heterocycles. The molecule has 1 aliphatic rings. The van der Waals surface area contributed by atoms with Gasteiger partial charge in [0.05, 0.1) is 18.0 Å². The number of imidazole rings is 2. The van der Waals surface area contributed by atoms with Gasteiger partial charge in [0.25, 0.3) is 0 Å². The summed E-state index contributed by atoms with van der Waals surface area (Å²) in [6, 6.07) is 8.38. The van der Waals surface area contributed by atoms with Crippen molar-refractivity contribution < 1.29 is 8.42 Å². The van der Waals surface area contributed by atoms with Crippen molar-refractivity contribution in [2.45, 2.75) is 89.0 Å². The molecule has 3 heterocycles. The third kappa shape index (κ3) is 7.50. The predicted octanol–water partition coefficient (Wildman–Crippen LogP) is 4.05. The van der Waals surface area contributed by atoms with Crippen molar-refractivity contribution in [2.75, 3.05) is 13.1 Å². The second-order valence-electron chi connectivity index (χ2n) is 9.93.